The maximum atomic E-state index is 4.02. The third-order valence-corrected chi connectivity index (χ3v) is 3.88. The van der Waals surface area contributed by atoms with Gasteiger partial charge >= 0.3 is 0 Å². The zero-order valence-corrected chi connectivity index (χ0v) is 12.3. The van der Waals surface area contributed by atoms with Gasteiger partial charge in [0.05, 0.1) is 0 Å². The first-order valence-electron chi connectivity index (χ1n) is 7.09. The summed E-state index contributed by atoms with van der Waals surface area (Å²) in [5, 5.41) is 0. The molecule has 3 atom stereocenters. The molecule has 0 saturated carbocycles. The Hall–Kier alpha value is -0.560. The van der Waals surface area contributed by atoms with Crippen LogP contribution in [0.5, 0.6) is 0 Å². The summed E-state index contributed by atoms with van der Waals surface area (Å²) in [6, 6.07) is 0.892. The average Bonchev–Trinajstić information content (AvgIpc) is 2.36. The highest BCUT2D eigenvalue weighted by Crippen LogP contribution is 2.23. The largest absolute Gasteiger partial charge is 0.294 e. The third-order valence-electron chi connectivity index (χ3n) is 3.88. The summed E-state index contributed by atoms with van der Waals surface area (Å²) in [6.07, 6.45) is 10.7. The fraction of sp³-hybridized carbons (Fsp3) is 0.750. The predicted octanol–water partition coefficient (Wildman–Crippen LogP) is 4.65. The van der Waals surface area contributed by atoms with Crippen LogP contribution in [0, 0.1) is 5.92 Å². The molecule has 0 N–H and O–H groups in total. The summed E-state index contributed by atoms with van der Waals surface area (Å²) in [4.78, 5) is 2.39. The molecule has 0 aliphatic heterocycles. The minimum atomic E-state index is 0.415. The molecule has 0 bridgehead atoms. The van der Waals surface area contributed by atoms with Crippen LogP contribution < -0.4 is 0 Å². The molecule has 0 heterocycles. The van der Waals surface area contributed by atoms with Crippen molar-refractivity contribution in [2.45, 2.75) is 65.0 Å². The van der Waals surface area contributed by atoms with Crippen LogP contribution in [-0.4, -0.2) is 24.0 Å². The summed E-state index contributed by atoms with van der Waals surface area (Å²) >= 11 is 0. The van der Waals surface area contributed by atoms with Crippen LogP contribution in [0.15, 0.2) is 25.3 Å². The van der Waals surface area contributed by atoms with E-state index in [1.165, 1.54) is 32.1 Å². The first kappa shape index (κ1) is 16.4. The van der Waals surface area contributed by atoms with Gasteiger partial charge in [-0.2, -0.15) is 0 Å². The SMILES string of the molecule is C=CC(C)N(C)C(C=C)C(CC)CCCCC. The Labute approximate surface area is 109 Å². The van der Waals surface area contributed by atoms with Crippen LogP contribution >= 0.6 is 0 Å². The highest BCUT2D eigenvalue weighted by molar-refractivity contribution is 4.96. The Morgan fingerprint density at radius 2 is 1.76 bits per heavy atom. The van der Waals surface area contributed by atoms with Gasteiger partial charge in [0.1, 0.15) is 0 Å². The van der Waals surface area contributed by atoms with Gasteiger partial charge in [-0.1, -0.05) is 51.7 Å². The van der Waals surface area contributed by atoms with E-state index in [0.717, 1.165) is 5.92 Å². The highest BCUT2D eigenvalue weighted by atomic mass is 15.2. The van der Waals surface area contributed by atoms with Crippen molar-refractivity contribution in [2.24, 2.45) is 5.92 Å². The number of rotatable bonds is 10. The van der Waals surface area contributed by atoms with Crippen molar-refractivity contribution in [3.8, 4) is 0 Å². The van der Waals surface area contributed by atoms with E-state index in [2.05, 4.69) is 52.0 Å². The summed E-state index contributed by atoms with van der Waals surface area (Å²) in [7, 11) is 2.18. The maximum absolute atomic E-state index is 4.02. The van der Waals surface area contributed by atoms with Gasteiger partial charge in [-0.15, -0.1) is 13.2 Å². The molecule has 17 heavy (non-hydrogen) atoms. The molecule has 0 spiro atoms. The second-order valence-electron chi connectivity index (χ2n) is 5.03. The van der Waals surface area contributed by atoms with Gasteiger partial charge in [0.15, 0.2) is 0 Å². The molecule has 0 rings (SSSR count). The normalized spacial score (nSPS) is 16.5. The van der Waals surface area contributed by atoms with Crippen LogP contribution in [0.25, 0.3) is 0 Å². The first-order valence-corrected chi connectivity index (χ1v) is 7.09. The Morgan fingerprint density at radius 3 is 2.18 bits per heavy atom. The van der Waals surface area contributed by atoms with Gasteiger partial charge in [0.25, 0.3) is 0 Å². The fourth-order valence-electron chi connectivity index (χ4n) is 2.40. The topological polar surface area (TPSA) is 3.24 Å². The zero-order chi connectivity index (χ0) is 13.3. The minimum absolute atomic E-state index is 0.415. The summed E-state index contributed by atoms with van der Waals surface area (Å²) in [5.41, 5.74) is 0. The van der Waals surface area contributed by atoms with Crippen LogP contribution in [0.1, 0.15) is 52.9 Å². The smallest absolute Gasteiger partial charge is 0.0306 e. The van der Waals surface area contributed by atoms with Gasteiger partial charge in [0, 0.05) is 12.1 Å². The van der Waals surface area contributed by atoms with Crippen molar-refractivity contribution in [2.75, 3.05) is 7.05 Å². The molecule has 0 aliphatic carbocycles. The number of hydrogen-bond donors (Lipinski definition) is 0. The predicted molar refractivity (Wildman–Crippen MR) is 79.3 cm³/mol. The van der Waals surface area contributed by atoms with Gasteiger partial charge in [0.2, 0.25) is 0 Å². The van der Waals surface area contributed by atoms with Crippen LogP contribution in [0.2, 0.25) is 0 Å². The maximum Gasteiger partial charge on any atom is 0.0306 e. The van der Waals surface area contributed by atoms with E-state index < -0.39 is 0 Å². The number of nitrogens with zero attached hydrogens (tertiary/aromatic N) is 1. The summed E-state index contributed by atoms with van der Waals surface area (Å²) < 4.78 is 0. The van der Waals surface area contributed by atoms with Gasteiger partial charge in [-0.05, 0) is 26.3 Å². The van der Waals surface area contributed by atoms with E-state index >= 15 is 0 Å². The monoisotopic (exact) mass is 237 g/mol. The fourth-order valence-corrected chi connectivity index (χ4v) is 2.40. The van der Waals surface area contributed by atoms with Crippen molar-refractivity contribution < 1.29 is 0 Å². The Balaban J connectivity index is 4.46. The molecule has 0 aromatic heterocycles. The molecule has 0 aromatic rings. The Morgan fingerprint density at radius 1 is 1.12 bits per heavy atom. The van der Waals surface area contributed by atoms with E-state index in [4.69, 9.17) is 0 Å². The molecular formula is C16H31N. The number of unbranched alkanes of at least 4 members (excludes halogenated alkanes) is 2. The molecule has 0 saturated heterocycles. The molecule has 3 unspecified atom stereocenters. The van der Waals surface area contributed by atoms with Gasteiger partial charge in [-0.25, -0.2) is 0 Å². The molecule has 0 fully saturated rings. The molecule has 0 aromatic carbocycles. The molecule has 100 valence electrons. The summed E-state index contributed by atoms with van der Waals surface area (Å²) in [6.45, 7) is 14.7. The standard InChI is InChI=1S/C16H31N/c1-7-11-12-13-15(9-3)16(10-4)17(6)14(5)8-2/h8,10,14-16H,2,4,7,9,11-13H2,1,3,5-6H3. The second kappa shape index (κ2) is 9.47. The lowest BCUT2D eigenvalue weighted by Crippen LogP contribution is -2.41. The van der Waals surface area contributed by atoms with Crippen molar-refractivity contribution in [1.82, 2.24) is 4.90 Å². The van der Waals surface area contributed by atoms with E-state index in [9.17, 15) is 0 Å². The van der Waals surface area contributed by atoms with E-state index in [1.54, 1.807) is 0 Å². The van der Waals surface area contributed by atoms with Crippen molar-refractivity contribution >= 4 is 0 Å². The van der Waals surface area contributed by atoms with Crippen LogP contribution in [0.3, 0.4) is 0 Å². The molecule has 0 aliphatic rings. The first-order chi connectivity index (χ1) is 8.12. The van der Waals surface area contributed by atoms with Crippen molar-refractivity contribution in [1.29, 1.82) is 0 Å². The quantitative estimate of drug-likeness (QED) is 0.395. The van der Waals surface area contributed by atoms with E-state index in [1.807, 2.05) is 6.08 Å². The number of hydrogen-bond acceptors (Lipinski definition) is 1. The Kier molecular flexibility index (Phi) is 9.16. The molecule has 0 radical (unpaired) electrons. The third kappa shape index (κ3) is 5.54. The molecule has 1 heteroatoms. The lowest BCUT2D eigenvalue weighted by Gasteiger charge is -2.35. The zero-order valence-electron chi connectivity index (χ0n) is 12.3. The average molecular weight is 237 g/mol. The minimum Gasteiger partial charge on any atom is -0.294 e. The van der Waals surface area contributed by atoms with E-state index in [-0.39, 0.29) is 0 Å². The number of likely N-dealkylation sites (N-methyl/N-ethyl adjacent to an activating group) is 1. The lowest BCUT2D eigenvalue weighted by molar-refractivity contribution is 0.177. The van der Waals surface area contributed by atoms with Gasteiger partial charge in [-0.3, -0.25) is 4.90 Å². The van der Waals surface area contributed by atoms with Crippen LogP contribution in [0.4, 0.5) is 0 Å². The van der Waals surface area contributed by atoms with Crippen LogP contribution in [-0.2, 0) is 0 Å². The lowest BCUT2D eigenvalue weighted by atomic mass is 9.89. The molecule has 0 amide bonds. The summed E-state index contributed by atoms with van der Waals surface area (Å²) in [5.74, 6) is 0.728. The highest BCUT2D eigenvalue weighted by Gasteiger charge is 2.22. The molecular weight excluding hydrogens is 206 g/mol. The van der Waals surface area contributed by atoms with E-state index in [0.29, 0.717) is 12.1 Å². The Bertz CT molecular complexity index is 210. The van der Waals surface area contributed by atoms with Crippen molar-refractivity contribution in [3.05, 3.63) is 25.3 Å². The molecule has 1 nitrogen and oxygen atoms in total. The second-order valence-corrected chi connectivity index (χ2v) is 5.03. The van der Waals surface area contributed by atoms with Crippen molar-refractivity contribution in [3.63, 3.8) is 0 Å². The van der Waals surface area contributed by atoms with Gasteiger partial charge < -0.3 is 0 Å².